The van der Waals surface area contributed by atoms with Crippen LogP contribution in [0.25, 0.3) is 6.08 Å². The van der Waals surface area contributed by atoms with E-state index in [0.29, 0.717) is 15.9 Å². The average molecular weight is 259 g/mol. The van der Waals surface area contributed by atoms with Gasteiger partial charge in [0.15, 0.2) is 4.80 Å². The summed E-state index contributed by atoms with van der Waals surface area (Å²) in [5.41, 5.74) is 6.71. The Morgan fingerprint density at radius 3 is 3.00 bits per heavy atom. The van der Waals surface area contributed by atoms with Crippen LogP contribution in [0.5, 0.6) is 0 Å². The summed E-state index contributed by atoms with van der Waals surface area (Å²) in [6, 6.07) is 7.65. The molecule has 1 aliphatic heterocycles. The number of aromatic nitrogens is 1. The lowest BCUT2D eigenvalue weighted by Crippen LogP contribution is -2.33. The molecule has 0 aliphatic carbocycles. The molecule has 0 spiro atoms. The van der Waals surface area contributed by atoms with Crippen molar-refractivity contribution in [3.63, 3.8) is 0 Å². The third kappa shape index (κ3) is 1.67. The molecule has 6 heteroatoms. The summed E-state index contributed by atoms with van der Waals surface area (Å²) in [5, 5.41) is 0. The van der Waals surface area contributed by atoms with Crippen molar-refractivity contribution in [3.8, 4) is 0 Å². The van der Waals surface area contributed by atoms with E-state index in [1.807, 2.05) is 24.3 Å². The maximum atomic E-state index is 12.0. The van der Waals surface area contributed by atoms with Gasteiger partial charge in [0, 0.05) is 6.08 Å². The van der Waals surface area contributed by atoms with Gasteiger partial charge in [0.05, 0.1) is 12.2 Å². The van der Waals surface area contributed by atoms with Crippen molar-refractivity contribution in [2.24, 2.45) is 10.7 Å². The van der Waals surface area contributed by atoms with Crippen molar-refractivity contribution in [1.29, 1.82) is 0 Å². The minimum atomic E-state index is -0.621. The summed E-state index contributed by atoms with van der Waals surface area (Å²) >= 11 is 1.18. The fraction of sp³-hybridized carbons (Fsp3) is 0.0833. The molecule has 2 N–H and O–H groups in total. The Hall–Kier alpha value is -2.21. The van der Waals surface area contributed by atoms with Crippen LogP contribution in [0.3, 0.4) is 0 Å². The first-order valence-corrected chi connectivity index (χ1v) is 6.14. The van der Waals surface area contributed by atoms with Gasteiger partial charge in [-0.05, 0) is 11.6 Å². The van der Waals surface area contributed by atoms with Gasteiger partial charge in [-0.1, -0.05) is 29.5 Å². The normalized spacial score (nSPS) is 13.7. The number of para-hydroxylation sites is 1. The van der Waals surface area contributed by atoms with E-state index in [0.717, 1.165) is 17.3 Å². The van der Waals surface area contributed by atoms with Gasteiger partial charge in [-0.3, -0.25) is 14.2 Å². The molecule has 1 aromatic carbocycles. The molecule has 0 saturated carbocycles. The van der Waals surface area contributed by atoms with Crippen LogP contribution in [0, 0.1) is 0 Å². The van der Waals surface area contributed by atoms with E-state index < -0.39 is 5.91 Å². The van der Waals surface area contributed by atoms with E-state index in [-0.39, 0.29) is 5.56 Å². The molecular weight excluding hydrogens is 250 g/mol. The van der Waals surface area contributed by atoms with Crippen molar-refractivity contribution in [2.75, 3.05) is 0 Å². The van der Waals surface area contributed by atoms with Crippen LogP contribution in [0.2, 0.25) is 0 Å². The number of nitrogens with two attached hydrogens (primary N) is 1. The van der Waals surface area contributed by atoms with Crippen molar-refractivity contribution in [2.45, 2.75) is 6.54 Å². The highest BCUT2D eigenvalue weighted by atomic mass is 32.1. The Labute approximate surface area is 106 Å². The molecule has 2 aromatic rings. The Morgan fingerprint density at radius 1 is 1.44 bits per heavy atom. The quantitative estimate of drug-likeness (QED) is 0.639. The van der Waals surface area contributed by atoms with E-state index in [9.17, 15) is 9.59 Å². The van der Waals surface area contributed by atoms with Gasteiger partial charge in [-0.2, -0.15) is 0 Å². The highest BCUT2D eigenvalue weighted by Gasteiger charge is 2.13. The summed E-state index contributed by atoms with van der Waals surface area (Å²) in [6.07, 6.45) is 1.15. The number of primary amides is 1. The van der Waals surface area contributed by atoms with E-state index in [4.69, 9.17) is 5.73 Å². The minimum absolute atomic E-state index is 0.216. The SMILES string of the molecule is NC(=O)C=c1sc2n(c1=O)Cc1ccccc1N=2. The number of nitrogens with zero attached hydrogens (tertiary/aromatic N) is 2. The lowest BCUT2D eigenvalue weighted by Gasteiger charge is -2.10. The van der Waals surface area contributed by atoms with E-state index in [1.54, 1.807) is 4.57 Å². The largest absolute Gasteiger partial charge is 0.366 e. The van der Waals surface area contributed by atoms with Crippen molar-refractivity contribution in [1.82, 2.24) is 4.57 Å². The first-order chi connectivity index (χ1) is 8.65. The maximum absolute atomic E-state index is 12.0. The lowest BCUT2D eigenvalue weighted by molar-refractivity contribution is -0.112. The van der Waals surface area contributed by atoms with Gasteiger partial charge in [-0.15, -0.1) is 0 Å². The standard InChI is InChI=1S/C12H9N3O2S/c13-10(16)5-9-11(17)15-6-7-3-1-2-4-8(7)14-12(15)18-9/h1-5H,6H2,(H2,13,16). The zero-order valence-electron chi connectivity index (χ0n) is 9.29. The van der Waals surface area contributed by atoms with Crippen LogP contribution < -0.4 is 20.6 Å². The number of rotatable bonds is 1. The smallest absolute Gasteiger partial charge is 0.270 e. The summed E-state index contributed by atoms with van der Waals surface area (Å²) in [6.45, 7) is 0.483. The highest BCUT2D eigenvalue weighted by molar-refractivity contribution is 7.07. The zero-order chi connectivity index (χ0) is 12.7. The van der Waals surface area contributed by atoms with Crippen LogP contribution in [0.15, 0.2) is 34.1 Å². The Morgan fingerprint density at radius 2 is 2.22 bits per heavy atom. The molecule has 18 heavy (non-hydrogen) atoms. The molecule has 0 atom stereocenters. The first kappa shape index (κ1) is 10.9. The zero-order valence-corrected chi connectivity index (χ0v) is 10.1. The Balaban J connectivity index is 2.30. The molecule has 5 nitrogen and oxygen atoms in total. The molecule has 0 radical (unpaired) electrons. The van der Waals surface area contributed by atoms with E-state index in [2.05, 4.69) is 4.99 Å². The number of benzene rings is 1. The van der Waals surface area contributed by atoms with Gasteiger partial charge >= 0.3 is 0 Å². The number of carbonyl (C=O) groups excluding carboxylic acids is 1. The second-order valence-electron chi connectivity index (χ2n) is 3.93. The molecule has 1 amide bonds. The Bertz CT molecular complexity index is 817. The molecule has 1 aliphatic rings. The number of thiazole rings is 1. The van der Waals surface area contributed by atoms with Crippen LogP contribution in [-0.4, -0.2) is 10.5 Å². The van der Waals surface area contributed by atoms with Crippen LogP contribution in [0.1, 0.15) is 5.56 Å². The topological polar surface area (TPSA) is 77.5 Å². The molecule has 1 aromatic heterocycles. The van der Waals surface area contributed by atoms with Crippen molar-refractivity contribution >= 4 is 29.0 Å². The second-order valence-corrected chi connectivity index (χ2v) is 4.94. The number of hydrogen-bond acceptors (Lipinski definition) is 4. The summed E-state index contributed by atoms with van der Waals surface area (Å²) in [5.74, 6) is -0.621. The molecule has 3 rings (SSSR count). The third-order valence-electron chi connectivity index (χ3n) is 2.70. The molecule has 90 valence electrons. The Kier molecular flexibility index (Phi) is 2.38. The number of amides is 1. The lowest BCUT2D eigenvalue weighted by atomic mass is 10.1. The number of hydrogen-bond donors (Lipinski definition) is 1. The minimum Gasteiger partial charge on any atom is -0.366 e. The van der Waals surface area contributed by atoms with Crippen LogP contribution >= 0.6 is 11.3 Å². The van der Waals surface area contributed by atoms with Gasteiger partial charge < -0.3 is 5.73 Å². The van der Waals surface area contributed by atoms with Gasteiger partial charge in [0.1, 0.15) is 4.53 Å². The fourth-order valence-electron chi connectivity index (χ4n) is 1.89. The van der Waals surface area contributed by atoms with Crippen molar-refractivity contribution in [3.05, 3.63) is 49.5 Å². The molecule has 0 unspecified atom stereocenters. The van der Waals surface area contributed by atoms with Crippen LogP contribution in [0.4, 0.5) is 5.69 Å². The summed E-state index contributed by atoms with van der Waals surface area (Å²) in [7, 11) is 0. The number of carbonyl (C=O) groups is 1. The summed E-state index contributed by atoms with van der Waals surface area (Å²) in [4.78, 5) is 27.9. The van der Waals surface area contributed by atoms with Crippen LogP contribution in [-0.2, 0) is 11.3 Å². The highest BCUT2D eigenvalue weighted by Crippen LogP contribution is 2.20. The summed E-state index contributed by atoms with van der Waals surface area (Å²) < 4.78 is 1.89. The fourth-order valence-corrected chi connectivity index (χ4v) is 2.86. The molecule has 0 bridgehead atoms. The predicted molar refractivity (Wildman–Crippen MR) is 68.2 cm³/mol. The van der Waals surface area contributed by atoms with Gasteiger partial charge in [0.25, 0.3) is 5.56 Å². The second kappa shape index (κ2) is 3.92. The number of fused-ring (bicyclic) bond motifs is 2. The maximum Gasteiger partial charge on any atom is 0.270 e. The van der Waals surface area contributed by atoms with Gasteiger partial charge in [-0.25, -0.2) is 4.99 Å². The first-order valence-electron chi connectivity index (χ1n) is 5.32. The van der Waals surface area contributed by atoms with Gasteiger partial charge in [0.2, 0.25) is 5.91 Å². The molecule has 0 fully saturated rings. The molecule has 2 heterocycles. The molecular formula is C12H9N3O2S. The van der Waals surface area contributed by atoms with E-state index in [1.165, 1.54) is 11.3 Å². The predicted octanol–water partition coefficient (Wildman–Crippen LogP) is -0.511. The molecule has 0 saturated heterocycles. The van der Waals surface area contributed by atoms with E-state index >= 15 is 0 Å². The average Bonchev–Trinajstić information content (AvgIpc) is 2.63. The van der Waals surface area contributed by atoms with Crippen molar-refractivity contribution < 1.29 is 4.79 Å². The monoisotopic (exact) mass is 259 g/mol. The third-order valence-corrected chi connectivity index (χ3v) is 3.70.